The first-order valence-corrected chi connectivity index (χ1v) is 7.92. The van der Waals surface area contributed by atoms with E-state index in [1.54, 1.807) is 19.1 Å². The fourth-order valence-corrected chi connectivity index (χ4v) is 3.07. The van der Waals surface area contributed by atoms with Gasteiger partial charge in [0.05, 0.1) is 6.10 Å². The summed E-state index contributed by atoms with van der Waals surface area (Å²) in [5.74, 6) is -0.647. The molecule has 1 aromatic heterocycles. The summed E-state index contributed by atoms with van der Waals surface area (Å²) >= 11 is 0. The third-order valence-corrected chi connectivity index (χ3v) is 4.32. The molecule has 1 fully saturated rings. The summed E-state index contributed by atoms with van der Waals surface area (Å²) in [6.45, 7) is 4.47. The number of carbonyl (C=O) groups is 1. The van der Waals surface area contributed by atoms with Crippen molar-refractivity contribution in [3.8, 4) is 0 Å². The summed E-state index contributed by atoms with van der Waals surface area (Å²) in [5, 5.41) is 13.1. The van der Waals surface area contributed by atoms with Crippen LogP contribution in [0.2, 0.25) is 0 Å². The van der Waals surface area contributed by atoms with E-state index in [4.69, 9.17) is 4.42 Å². The molecule has 2 N–H and O–H groups in total. The lowest BCUT2D eigenvalue weighted by Crippen LogP contribution is -2.42. The van der Waals surface area contributed by atoms with Gasteiger partial charge in [-0.3, -0.25) is 9.69 Å². The van der Waals surface area contributed by atoms with Crippen molar-refractivity contribution in [2.45, 2.75) is 25.9 Å². The summed E-state index contributed by atoms with van der Waals surface area (Å²) in [5.41, 5.74) is 0.764. The lowest BCUT2D eigenvalue weighted by molar-refractivity contribution is 0.0700. The van der Waals surface area contributed by atoms with Gasteiger partial charge in [-0.15, -0.1) is 0 Å². The van der Waals surface area contributed by atoms with E-state index in [9.17, 15) is 14.3 Å². The van der Waals surface area contributed by atoms with Gasteiger partial charge in [0.1, 0.15) is 0 Å². The number of aliphatic hydroxyl groups is 1. The molecule has 0 radical (unpaired) electrons. The Bertz CT molecular complexity index is 713. The average Bonchev–Trinajstić information content (AvgIpc) is 2.86. The van der Waals surface area contributed by atoms with Gasteiger partial charge in [-0.05, 0) is 32.4 Å². The number of aliphatic hydroxyl groups excluding tert-OH is 1. The first kappa shape index (κ1) is 16.0. The topological polar surface area (TPSA) is 65.7 Å². The van der Waals surface area contributed by atoms with Gasteiger partial charge in [-0.1, -0.05) is 12.1 Å². The van der Waals surface area contributed by atoms with Crippen LogP contribution in [0.5, 0.6) is 0 Å². The van der Waals surface area contributed by atoms with Gasteiger partial charge < -0.3 is 14.8 Å². The zero-order valence-electron chi connectivity index (χ0n) is 13.1. The molecule has 3 rings (SSSR count). The van der Waals surface area contributed by atoms with E-state index in [0.717, 1.165) is 19.4 Å². The van der Waals surface area contributed by atoms with Gasteiger partial charge in [0.15, 0.2) is 17.2 Å². The van der Waals surface area contributed by atoms with Gasteiger partial charge in [0.25, 0.3) is 5.91 Å². The van der Waals surface area contributed by atoms with Crippen LogP contribution in [0, 0.1) is 12.7 Å². The summed E-state index contributed by atoms with van der Waals surface area (Å²) in [7, 11) is 0. The van der Waals surface area contributed by atoms with E-state index < -0.39 is 5.82 Å². The number of para-hydroxylation sites is 1. The van der Waals surface area contributed by atoms with Crippen molar-refractivity contribution in [3.05, 3.63) is 35.3 Å². The van der Waals surface area contributed by atoms with Crippen LogP contribution in [0.4, 0.5) is 4.39 Å². The van der Waals surface area contributed by atoms with Crippen molar-refractivity contribution in [2.24, 2.45) is 0 Å². The number of benzene rings is 1. The number of aryl methyl sites for hydroxylation is 1. The molecule has 23 heavy (non-hydrogen) atoms. The summed E-state index contributed by atoms with van der Waals surface area (Å²) in [4.78, 5) is 14.4. The van der Waals surface area contributed by atoms with E-state index in [0.29, 0.717) is 30.6 Å². The van der Waals surface area contributed by atoms with Crippen LogP contribution in [0.25, 0.3) is 11.0 Å². The summed E-state index contributed by atoms with van der Waals surface area (Å²) < 4.78 is 19.1. The Hall–Kier alpha value is -1.92. The minimum atomic E-state index is -0.466. The predicted molar refractivity (Wildman–Crippen MR) is 84.9 cm³/mol. The van der Waals surface area contributed by atoms with E-state index in [1.165, 1.54) is 6.07 Å². The number of rotatable bonds is 4. The number of amides is 1. The standard InChI is InChI=1S/C17H21FN2O3/c1-11-13-5-2-6-14(18)16(13)23-15(11)17(22)19-7-9-20-8-3-4-12(21)10-20/h2,5-6,12,21H,3-4,7-10H2,1H3,(H,19,22)/t12-/m0/s1. The number of fused-ring (bicyclic) bond motifs is 1. The molecule has 1 amide bonds. The fourth-order valence-electron chi connectivity index (χ4n) is 3.07. The number of hydrogen-bond donors (Lipinski definition) is 2. The highest BCUT2D eigenvalue weighted by Crippen LogP contribution is 2.27. The SMILES string of the molecule is Cc1c(C(=O)NCCN2CCC[C@H](O)C2)oc2c(F)cccc12. The number of β-amino-alcohol motifs (C(OH)–C–C–N with tert-alkyl or cyclic N) is 1. The zero-order valence-corrected chi connectivity index (χ0v) is 13.1. The van der Waals surface area contributed by atoms with Gasteiger partial charge in [0.2, 0.25) is 0 Å². The number of hydrogen-bond acceptors (Lipinski definition) is 4. The molecular weight excluding hydrogens is 299 g/mol. The van der Waals surface area contributed by atoms with E-state index >= 15 is 0 Å². The highest BCUT2D eigenvalue weighted by Gasteiger charge is 2.20. The largest absolute Gasteiger partial charge is 0.448 e. The normalized spacial score (nSPS) is 19.2. The Morgan fingerprint density at radius 3 is 3.09 bits per heavy atom. The van der Waals surface area contributed by atoms with Gasteiger partial charge >= 0.3 is 0 Å². The minimum Gasteiger partial charge on any atom is -0.448 e. The van der Waals surface area contributed by atoms with Gasteiger partial charge in [0, 0.05) is 30.6 Å². The Balaban J connectivity index is 1.62. The molecule has 0 aliphatic carbocycles. The molecule has 1 atom stereocenters. The molecule has 6 heteroatoms. The molecule has 0 bridgehead atoms. The van der Waals surface area contributed by atoms with Crippen molar-refractivity contribution in [1.82, 2.24) is 10.2 Å². The van der Waals surface area contributed by atoms with Gasteiger partial charge in [-0.25, -0.2) is 4.39 Å². The Morgan fingerprint density at radius 2 is 2.35 bits per heavy atom. The van der Waals surface area contributed by atoms with Crippen molar-refractivity contribution in [1.29, 1.82) is 0 Å². The molecular formula is C17H21FN2O3. The Labute approximate surface area is 134 Å². The number of likely N-dealkylation sites (tertiary alicyclic amines) is 1. The van der Waals surface area contributed by atoms with Crippen molar-refractivity contribution in [2.75, 3.05) is 26.2 Å². The van der Waals surface area contributed by atoms with Crippen LogP contribution in [-0.2, 0) is 0 Å². The highest BCUT2D eigenvalue weighted by molar-refractivity contribution is 5.98. The summed E-state index contributed by atoms with van der Waals surface area (Å²) in [6, 6.07) is 4.65. The highest BCUT2D eigenvalue weighted by atomic mass is 19.1. The predicted octanol–water partition coefficient (Wildman–Crippen LogP) is 2.07. The maximum Gasteiger partial charge on any atom is 0.287 e. The zero-order chi connectivity index (χ0) is 16.4. The van der Waals surface area contributed by atoms with E-state index in [1.807, 2.05) is 0 Å². The van der Waals surface area contributed by atoms with Gasteiger partial charge in [-0.2, -0.15) is 0 Å². The van der Waals surface area contributed by atoms with Crippen LogP contribution >= 0.6 is 0 Å². The molecule has 5 nitrogen and oxygen atoms in total. The molecule has 1 aliphatic heterocycles. The molecule has 1 aromatic carbocycles. The third-order valence-electron chi connectivity index (χ3n) is 4.32. The summed E-state index contributed by atoms with van der Waals surface area (Å²) in [6.07, 6.45) is 1.53. The Kier molecular flexibility index (Phi) is 4.63. The fraction of sp³-hybridized carbons (Fsp3) is 0.471. The van der Waals surface area contributed by atoms with Crippen LogP contribution in [0.15, 0.2) is 22.6 Å². The number of furan rings is 1. The van der Waals surface area contributed by atoms with Crippen molar-refractivity contribution < 1.29 is 18.7 Å². The molecule has 0 saturated carbocycles. The first-order valence-electron chi connectivity index (χ1n) is 7.92. The van der Waals surface area contributed by atoms with E-state index in [2.05, 4.69) is 10.2 Å². The monoisotopic (exact) mass is 320 g/mol. The number of nitrogens with one attached hydrogen (secondary N) is 1. The second kappa shape index (κ2) is 6.68. The minimum absolute atomic E-state index is 0.120. The first-order chi connectivity index (χ1) is 11.1. The Morgan fingerprint density at radius 1 is 1.52 bits per heavy atom. The van der Waals surface area contributed by atoms with Crippen molar-refractivity contribution >= 4 is 16.9 Å². The smallest absolute Gasteiger partial charge is 0.287 e. The molecule has 1 saturated heterocycles. The van der Waals surface area contributed by atoms with Crippen LogP contribution in [0.1, 0.15) is 29.0 Å². The molecule has 2 aromatic rings. The number of nitrogens with zero attached hydrogens (tertiary/aromatic N) is 1. The number of halogens is 1. The van der Waals surface area contributed by atoms with Crippen LogP contribution in [0.3, 0.4) is 0 Å². The quantitative estimate of drug-likeness (QED) is 0.905. The molecule has 0 spiro atoms. The molecule has 1 aliphatic rings. The third kappa shape index (κ3) is 3.38. The van der Waals surface area contributed by atoms with Crippen LogP contribution < -0.4 is 5.32 Å². The second-order valence-electron chi connectivity index (χ2n) is 6.03. The number of carbonyl (C=O) groups excluding carboxylic acids is 1. The lowest BCUT2D eigenvalue weighted by atomic mass is 10.1. The maximum atomic E-state index is 13.7. The molecule has 2 heterocycles. The molecule has 0 unspecified atom stereocenters. The van der Waals surface area contributed by atoms with Crippen molar-refractivity contribution in [3.63, 3.8) is 0 Å². The number of piperidine rings is 1. The maximum absolute atomic E-state index is 13.7. The lowest BCUT2D eigenvalue weighted by Gasteiger charge is -2.29. The van der Waals surface area contributed by atoms with Crippen LogP contribution in [-0.4, -0.2) is 48.2 Å². The molecule has 124 valence electrons. The average molecular weight is 320 g/mol. The second-order valence-corrected chi connectivity index (χ2v) is 6.03. The van der Waals surface area contributed by atoms with E-state index in [-0.39, 0.29) is 23.4 Å².